The van der Waals surface area contributed by atoms with Crippen molar-refractivity contribution in [3.8, 4) is 0 Å². The van der Waals surface area contributed by atoms with Crippen LogP contribution in [-0.4, -0.2) is 21.3 Å². The fraction of sp³-hybridized carbons (Fsp3) is 0.317. The molecule has 0 aliphatic heterocycles. The number of aryl methyl sites for hydroxylation is 1. The number of anilines is 1. The van der Waals surface area contributed by atoms with Gasteiger partial charge in [-0.1, -0.05) is 82.3 Å². The first-order valence-corrected chi connectivity index (χ1v) is 16.5. The van der Waals surface area contributed by atoms with E-state index in [1.807, 2.05) is 60.0 Å². The number of carbonyl (C=O) groups excluding carboxylic acids is 1. The molecule has 0 atom stereocenters. The zero-order valence-corrected chi connectivity index (χ0v) is 27.7. The summed E-state index contributed by atoms with van der Waals surface area (Å²) in [6.45, 7) is 10.9. The van der Waals surface area contributed by atoms with Crippen LogP contribution >= 0.6 is 0 Å². The fourth-order valence-corrected chi connectivity index (χ4v) is 6.42. The van der Waals surface area contributed by atoms with E-state index in [-0.39, 0.29) is 18.2 Å². The molecule has 2 heterocycles. The van der Waals surface area contributed by atoms with E-state index in [9.17, 15) is 9.59 Å². The molecule has 5 nitrogen and oxygen atoms in total. The number of ketones is 1. The van der Waals surface area contributed by atoms with Gasteiger partial charge >= 0.3 is 5.97 Å². The zero-order valence-electron chi connectivity index (χ0n) is 27.7. The molecule has 0 aliphatic rings. The molecule has 0 fully saturated rings. The van der Waals surface area contributed by atoms with E-state index >= 15 is 0 Å². The summed E-state index contributed by atoms with van der Waals surface area (Å²) in [5, 5.41) is 12.9. The Morgan fingerprint density at radius 3 is 1.85 bits per heavy atom. The number of rotatable bonds is 14. The predicted molar refractivity (Wildman–Crippen MR) is 188 cm³/mol. The number of pyridine rings is 1. The Kier molecular flexibility index (Phi) is 10.4. The molecule has 5 rings (SSSR count). The number of nitrogens with zero attached hydrogens (tertiary/aromatic N) is 1. The normalized spacial score (nSPS) is 11.6. The third-order valence-corrected chi connectivity index (χ3v) is 8.62. The number of aromatic nitrogens is 1. The first kappa shape index (κ1) is 32.7. The number of carbonyl (C=O) groups is 2. The van der Waals surface area contributed by atoms with Crippen molar-refractivity contribution in [1.29, 1.82) is 0 Å². The van der Waals surface area contributed by atoms with Gasteiger partial charge in [0.15, 0.2) is 5.78 Å². The molecule has 0 spiro atoms. The summed E-state index contributed by atoms with van der Waals surface area (Å²) in [4.78, 5) is 25.1. The van der Waals surface area contributed by atoms with Crippen LogP contribution in [-0.2, 0) is 24.1 Å². The molecule has 2 aromatic heterocycles. The molecule has 2 N–H and O–H groups in total. The Morgan fingerprint density at radius 1 is 0.761 bits per heavy atom. The quantitative estimate of drug-likeness (QED) is 0.122. The number of nitrogens with one attached hydrogen (secondary N) is 1. The first-order valence-electron chi connectivity index (χ1n) is 16.5. The van der Waals surface area contributed by atoms with Crippen molar-refractivity contribution in [3.63, 3.8) is 0 Å². The smallest absolute Gasteiger partial charge is 0.303 e. The molecule has 0 saturated carbocycles. The van der Waals surface area contributed by atoms with Crippen LogP contribution in [0.5, 0.6) is 0 Å². The second-order valence-electron chi connectivity index (χ2n) is 13.3. The lowest BCUT2D eigenvalue weighted by molar-refractivity contribution is -0.137. The standard InChI is InChI=1S/C41H46N2O3/c1-27(2)25-30-12-16-32(17-13-30)40(33-18-14-31(15-19-33)26-28(3)4)42-35-22-20-34(21-23-35)41(46)39-29(5)36(10-8-11-38(44)45)43-24-7-6-9-37(39)43/h6-7,9,12-24,27-28,40,42H,8,10-11,25-26H2,1-5H3,(H,44,45). The number of carboxylic acid groups (broad SMARTS) is 1. The lowest BCUT2D eigenvalue weighted by Gasteiger charge is -2.22. The molecular formula is C41H46N2O3. The van der Waals surface area contributed by atoms with Gasteiger partial charge in [-0.15, -0.1) is 0 Å². The van der Waals surface area contributed by atoms with Crippen molar-refractivity contribution in [2.45, 2.75) is 72.8 Å². The van der Waals surface area contributed by atoms with E-state index in [1.54, 1.807) is 0 Å². The van der Waals surface area contributed by atoms with E-state index in [0.29, 0.717) is 35.8 Å². The maximum Gasteiger partial charge on any atom is 0.303 e. The molecule has 0 amide bonds. The van der Waals surface area contributed by atoms with Crippen molar-refractivity contribution in [1.82, 2.24) is 4.40 Å². The highest BCUT2D eigenvalue weighted by molar-refractivity contribution is 6.14. The average molecular weight is 615 g/mol. The van der Waals surface area contributed by atoms with Gasteiger partial charge in [0.2, 0.25) is 0 Å². The highest BCUT2D eigenvalue weighted by atomic mass is 16.4. The molecule has 5 heteroatoms. The van der Waals surface area contributed by atoms with Crippen LogP contribution in [0.1, 0.15) is 96.0 Å². The van der Waals surface area contributed by atoms with E-state index < -0.39 is 5.97 Å². The van der Waals surface area contributed by atoms with Gasteiger partial charge in [-0.25, -0.2) is 0 Å². The van der Waals surface area contributed by atoms with Crippen molar-refractivity contribution in [3.05, 3.63) is 142 Å². The van der Waals surface area contributed by atoms with Gasteiger partial charge in [0, 0.05) is 29.6 Å². The Hall–Kier alpha value is -4.64. The Bertz CT molecular complexity index is 1730. The first-order chi connectivity index (χ1) is 22.1. The highest BCUT2D eigenvalue weighted by Crippen LogP contribution is 2.30. The summed E-state index contributed by atoms with van der Waals surface area (Å²) in [6.07, 6.45) is 5.27. The molecule has 0 bridgehead atoms. The summed E-state index contributed by atoms with van der Waals surface area (Å²) in [7, 11) is 0. The number of fused-ring (bicyclic) bond motifs is 1. The van der Waals surface area contributed by atoms with E-state index in [2.05, 4.69) is 81.5 Å². The Balaban J connectivity index is 1.42. The maximum atomic E-state index is 13.9. The van der Waals surface area contributed by atoms with Crippen LogP contribution in [0.3, 0.4) is 0 Å². The van der Waals surface area contributed by atoms with Crippen molar-refractivity contribution < 1.29 is 14.7 Å². The minimum Gasteiger partial charge on any atom is -0.481 e. The van der Waals surface area contributed by atoms with E-state index in [0.717, 1.165) is 35.3 Å². The van der Waals surface area contributed by atoms with Crippen LogP contribution < -0.4 is 5.32 Å². The number of benzene rings is 3. The Morgan fingerprint density at radius 2 is 1.33 bits per heavy atom. The van der Waals surface area contributed by atoms with Gasteiger partial charge in [0.25, 0.3) is 0 Å². The molecule has 0 aliphatic carbocycles. The number of hydrogen-bond acceptors (Lipinski definition) is 3. The highest BCUT2D eigenvalue weighted by Gasteiger charge is 2.22. The summed E-state index contributed by atoms with van der Waals surface area (Å²) < 4.78 is 2.03. The molecule has 0 unspecified atom stereocenters. The Labute approximate surface area is 273 Å². The predicted octanol–water partition coefficient (Wildman–Crippen LogP) is 9.48. The van der Waals surface area contributed by atoms with Gasteiger partial charge in [0.1, 0.15) is 0 Å². The molecule has 0 radical (unpaired) electrons. The van der Waals surface area contributed by atoms with E-state index in [4.69, 9.17) is 5.11 Å². The number of carboxylic acids is 1. The van der Waals surface area contributed by atoms with Crippen LogP contribution in [0.25, 0.3) is 5.52 Å². The zero-order chi connectivity index (χ0) is 32.8. The van der Waals surface area contributed by atoms with Gasteiger partial charge in [-0.3, -0.25) is 9.59 Å². The van der Waals surface area contributed by atoms with Crippen LogP contribution in [0, 0.1) is 18.8 Å². The van der Waals surface area contributed by atoms with E-state index in [1.165, 1.54) is 22.3 Å². The summed E-state index contributed by atoms with van der Waals surface area (Å²) >= 11 is 0. The van der Waals surface area contributed by atoms with Gasteiger partial charge in [-0.2, -0.15) is 0 Å². The summed E-state index contributed by atoms with van der Waals surface area (Å²) in [5.41, 5.74) is 10.0. The minimum absolute atomic E-state index is 0.0322. The SMILES string of the molecule is Cc1c(C(=O)c2ccc(NC(c3ccc(CC(C)C)cc3)c3ccc(CC(C)C)cc3)cc2)c2ccccn2c1CCCC(=O)O. The second kappa shape index (κ2) is 14.6. The summed E-state index contributed by atoms with van der Waals surface area (Å²) in [5.74, 6) is 0.367. The lowest BCUT2D eigenvalue weighted by Crippen LogP contribution is -2.13. The lowest BCUT2D eigenvalue weighted by atomic mass is 9.93. The van der Waals surface area contributed by atoms with Crippen LogP contribution in [0.15, 0.2) is 97.2 Å². The van der Waals surface area contributed by atoms with Gasteiger partial charge < -0.3 is 14.8 Å². The number of aliphatic carboxylic acids is 1. The second-order valence-corrected chi connectivity index (χ2v) is 13.3. The molecule has 0 saturated heterocycles. The van der Waals surface area contributed by atoms with Crippen molar-refractivity contribution >= 4 is 23.0 Å². The van der Waals surface area contributed by atoms with Crippen LogP contribution in [0.4, 0.5) is 5.69 Å². The fourth-order valence-electron chi connectivity index (χ4n) is 6.42. The average Bonchev–Trinajstić information content (AvgIpc) is 3.31. The third kappa shape index (κ3) is 7.77. The molecule has 3 aromatic carbocycles. The molecule has 5 aromatic rings. The topological polar surface area (TPSA) is 70.8 Å². The number of hydrogen-bond donors (Lipinski definition) is 2. The van der Waals surface area contributed by atoms with Crippen LogP contribution in [0.2, 0.25) is 0 Å². The monoisotopic (exact) mass is 614 g/mol. The molecule has 238 valence electrons. The van der Waals surface area contributed by atoms with Crippen molar-refractivity contribution in [2.75, 3.05) is 5.32 Å². The van der Waals surface area contributed by atoms with Crippen molar-refractivity contribution in [2.24, 2.45) is 11.8 Å². The van der Waals surface area contributed by atoms with Gasteiger partial charge in [-0.05, 0) is 109 Å². The maximum absolute atomic E-state index is 13.9. The van der Waals surface area contributed by atoms with Gasteiger partial charge in [0.05, 0.1) is 17.1 Å². The third-order valence-electron chi connectivity index (χ3n) is 8.62. The molecule has 46 heavy (non-hydrogen) atoms. The largest absolute Gasteiger partial charge is 0.481 e. The summed E-state index contributed by atoms with van der Waals surface area (Å²) in [6, 6.07) is 31.4. The minimum atomic E-state index is -0.808. The molecular weight excluding hydrogens is 568 g/mol.